The molecule has 1 aliphatic rings. The summed E-state index contributed by atoms with van der Waals surface area (Å²) in [4.78, 5) is 26.0. The van der Waals surface area contributed by atoms with Crippen molar-refractivity contribution < 1.29 is 14.3 Å². The van der Waals surface area contributed by atoms with Gasteiger partial charge in [0.15, 0.2) is 0 Å². The first-order valence-electron chi connectivity index (χ1n) is 7.10. The molecule has 5 nitrogen and oxygen atoms in total. The third kappa shape index (κ3) is 3.93. The van der Waals surface area contributed by atoms with E-state index in [0.717, 1.165) is 6.42 Å². The summed E-state index contributed by atoms with van der Waals surface area (Å²) in [6.07, 6.45) is 0.995. The molecule has 0 saturated carbocycles. The molecule has 1 rings (SSSR count). The van der Waals surface area contributed by atoms with Crippen molar-refractivity contribution in [3.63, 3.8) is 0 Å². The van der Waals surface area contributed by atoms with E-state index in [-0.39, 0.29) is 29.9 Å². The summed E-state index contributed by atoms with van der Waals surface area (Å²) in [7, 11) is 0. The van der Waals surface area contributed by atoms with Gasteiger partial charge >= 0.3 is 0 Å². The number of rotatable bonds is 6. The van der Waals surface area contributed by atoms with Crippen LogP contribution in [0.2, 0.25) is 0 Å². The van der Waals surface area contributed by atoms with E-state index in [1.807, 2.05) is 27.7 Å². The molecule has 1 N–H and O–H groups in total. The lowest BCUT2D eigenvalue weighted by atomic mass is 9.93. The number of carbonyl (C=O) groups excluding carboxylic acids is 2. The molecule has 0 radical (unpaired) electrons. The summed E-state index contributed by atoms with van der Waals surface area (Å²) >= 11 is 0. The Morgan fingerprint density at radius 1 is 1.32 bits per heavy atom. The van der Waals surface area contributed by atoms with Crippen LogP contribution in [0.5, 0.6) is 0 Å². The van der Waals surface area contributed by atoms with Gasteiger partial charge in [-0.3, -0.25) is 9.59 Å². The number of hydrogen-bond donors (Lipinski definition) is 1. The predicted octanol–water partition coefficient (Wildman–Crippen LogP) is 1.17. The van der Waals surface area contributed by atoms with Crippen LogP contribution in [0.1, 0.15) is 41.0 Å². The van der Waals surface area contributed by atoms with Crippen molar-refractivity contribution in [2.45, 2.75) is 59.2 Å². The first-order valence-corrected chi connectivity index (χ1v) is 7.10. The number of piperazine rings is 1. The first kappa shape index (κ1) is 16.0. The van der Waals surface area contributed by atoms with E-state index in [0.29, 0.717) is 13.2 Å². The van der Waals surface area contributed by atoms with Gasteiger partial charge in [-0.25, -0.2) is 0 Å². The van der Waals surface area contributed by atoms with Crippen molar-refractivity contribution in [2.75, 3.05) is 13.2 Å². The zero-order valence-electron chi connectivity index (χ0n) is 12.6. The Hall–Kier alpha value is -1.10. The number of nitrogens with one attached hydrogen (secondary N) is 1. The molecule has 0 bridgehead atoms. The van der Waals surface area contributed by atoms with E-state index in [2.05, 4.69) is 5.32 Å². The molecule has 110 valence electrons. The molecule has 0 spiro atoms. The van der Waals surface area contributed by atoms with Gasteiger partial charge in [0.1, 0.15) is 12.1 Å². The largest absolute Gasteiger partial charge is 0.377 e. The predicted molar refractivity (Wildman–Crippen MR) is 73.6 cm³/mol. The fourth-order valence-electron chi connectivity index (χ4n) is 2.31. The van der Waals surface area contributed by atoms with E-state index in [9.17, 15) is 9.59 Å². The molecule has 2 amide bonds. The van der Waals surface area contributed by atoms with E-state index in [1.165, 1.54) is 0 Å². The maximum Gasteiger partial charge on any atom is 0.245 e. The van der Waals surface area contributed by atoms with Crippen LogP contribution < -0.4 is 5.32 Å². The lowest BCUT2D eigenvalue weighted by Crippen LogP contribution is -2.64. The molecule has 0 aliphatic carbocycles. The minimum absolute atomic E-state index is 0.0164. The van der Waals surface area contributed by atoms with Gasteiger partial charge in [0.05, 0.1) is 12.7 Å². The van der Waals surface area contributed by atoms with Crippen molar-refractivity contribution in [2.24, 2.45) is 5.92 Å². The molecule has 1 aliphatic heterocycles. The van der Waals surface area contributed by atoms with E-state index < -0.39 is 6.04 Å². The molecular weight excluding hydrogens is 244 g/mol. The number of hydrogen-bond acceptors (Lipinski definition) is 3. The average Bonchev–Trinajstić information content (AvgIpc) is 2.34. The Kier molecular flexibility index (Phi) is 5.79. The van der Waals surface area contributed by atoms with Crippen LogP contribution in [0.3, 0.4) is 0 Å². The topological polar surface area (TPSA) is 58.6 Å². The highest BCUT2D eigenvalue weighted by atomic mass is 16.5. The molecular formula is C14H26N2O3. The van der Waals surface area contributed by atoms with Gasteiger partial charge in [-0.1, -0.05) is 20.3 Å². The molecule has 19 heavy (non-hydrogen) atoms. The van der Waals surface area contributed by atoms with Crippen LogP contribution in [0.4, 0.5) is 0 Å². The van der Waals surface area contributed by atoms with Crippen molar-refractivity contribution in [3.05, 3.63) is 0 Å². The minimum Gasteiger partial charge on any atom is -0.377 e. The van der Waals surface area contributed by atoms with E-state index in [4.69, 9.17) is 4.74 Å². The van der Waals surface area contributed by atoms with Gasteiger partial charge in [0.25, 0.3) is 0 Å². The van der Waals surface area contributed by atoms with E-state index >= 15 is 0 Å². The number of carbonyl (C=O) groups is 2. The normalized spacial score (nSPS) is 25.7. The summed E-state index contributed by atoms with van der Waals surface area (Å²) in [6.45, 7) is 10.6. The molecule has 1 fully saturated rings. The van der Waals surface area contributed by atoms with Gasteiger partial charge in [-0.05, 0) is 26.7 Å². The van der Waals surface area contributed by atoms with Gasteiger partial charge < -0.3 is 15.0 Å². The van der Waals surface area contributed by atoms with Crippen LogP contribution in [-0.4, -0.2) is 48.1 Å². The Balaban J connectivity index is 2.77. The Morgan fingerprint density at radius 3 is 2.47 bits per heavy atom. The molecule has 0 aromatic rings. The zero-order valence-corrected chi connectivity index (χ0v) is 12.6. The number of amides is 2. The second-order valence-electron chi connectivity index (χ2n) is 5.51. The van der Waals surface area contributed by atoms with Gasteiger partial charge in [-0.15, -0.1) is 0 Å². The molecule has 0 aromatic heterocycles. The molecule has 3 unspecified atom stereocenters. The molecule has 3 atom stereocenters. The minimum atomic E-state index is -0.438. The average molecular weight is 270 g/mol. The Labute approximate surface area is 115 Å². The zero-order chi connectivity index (χ0) is 14.6. The second-order valence-corrected chi connectivity index (χ2v) is 5.51. The third-order valence-electron chi connectivity index (χ3n) is 3.58. The quantitative estimate of drug-likeness (QED) is 0.788. The first-order chi connectivity index (χ1) is 8.88. The Bertz CT molecular complexity index is 331. The third-order valence-corrected chi connectivity index (χ3v) is 3.58. The van der Waals surface area contributed by atoms with Crippen molar-refractivity contribution in [3.8, 4) is 0 Å². The highest BCUT2D eigenvalue weighted by molar-refractivity contribution is 5.96. The maximum atomic E-state index is 12.2. The van der Waals surface area contributed by atoms with Crippen molar-refractivity contribution in [1.82, 2.24) is 10.2 Å². The van der Waals surface area contributed by atoms with Gasteiger partial charge in [-0.2, -0.15) is 0 Å². The SMILES string of the molecule is CCC(C)C1C(=O)NC(C)C(=O)N1CCOC(C)C. The summed E-state index contributed by atoms with van der Waals surface area (Å²) in [5.41, 5.74) is 0. The van der Waals surface area contributed by atoms with Crippen LogP contribution in [0, 0.1) is 5.92 Å². The lowest BCUT2D eigenvalue weighted by Gasteiger charge is -2.40. The summed E-state index contributed by atoms with van der Waals surface area (Å²) < 4.78 is 5.50. The summed E-state index contributed by atoms with van der Waals surface area (Å²) in [5.74, 6) is 0.0822. The monoisotopic (exact) mass is 270 g/mol. The summed E-state index contributed by atoms with van der Waals surface area (Å²) in [6, 6.07) is -0.809. The van der Waals surface area contributed by atoms with Crippen molar-refractivity contribution >= 4 is 11.8 Å². The van der Waals surface area contributed by atoms with Crippen LogP contribution in [0.15, 0.2) is 0 Å². The lowest BCUT2D eigenvalue weighted by molar-refractivity contribution is -0.152. The van der Waals surface area contributed by atoms with Crippen LogP contribution >= 0.6 is 0 Å². The molecule has 5 heteroatoms. The van der Waals surface area contributed by atoms with Crippen LogP contribution in [-0.2, 0) is 14.3 Å². The fraction of sp³-hybridized carbons (Fsp3) is 0.857. The number of ether oxygens (including phenoxy) is 1. The second kappa shape index (κ2) is 6.89. The maximum absolute atomic E-state index is 12.2. The molecule has 1 heterocycles. The highest BCUT2D eigenvalue weighted by Crippen LogP contribution is 2.19. The van der Waals surface area contributed by atoms with Gasteiger partial charge in [0.2, 0.25) is 11.8 Å². The van der Waals surface area contributed by atoms with E-state index in [1.54, 1.807) is 11.8 Å². The Morgan fingerprint density at radius 2 is 1.95 bits per heavy atom. The molecule has 0 aromatic carbocycles. The van der Waals surface area contributed by atoms with Gasteiger partial charge in [0, 0.05) is 6.54 Å². The highest BCUT2D eigenvalue weighted by Gasteiger charge is 2.40. The summed E-state index contributed by atoms with van der Waals surface area (Å²) in [5, 5.41) is 2.75. The van der Waals surface area contributed by atoms with Crippen LogP contribution in [0.25, 0.3) is 0 Å². The fourth-order valence-corrected chi connectivity index (χ4v) is 2.31. The molecule has 1 saturated heterocycles. The number of nitrogens with zero attached hydrogens (tertiary/aromatic N) is 1. The van der Waals surface area contributed by atoms with Crippen molar-refractivity contribution in [1.29, 1.82) is 0 Å². The standard InChI is InChI=1S/C14H26N2O3/c1-6-10(4)12-13(17)15-11(5)14(18)16(12)7-8-19-9(2)3/h9-12H,6-8H2,1-5H3,(H,15,17). The smallest absolute Gasteiger partial charge is 0.245 e.